The number of rotatable bonds is 5. The molecule has 0 saturated heterocycles. The maximum atomic E-state index is 13.1. The summed E-state index contributed by atoms with van der Waals surface area (Å²) in [6.07, 6.45) is 0.374. The van der Waals surface area contributed by atoms with Crippen molar-refractivity contribution in [3.8, 4) is 0 Å². The van der Waals surface area contributed by atoms with Crippen LogP contribution in [0.3, 0.4) is 0 Å². The number of aliphatic carboxylic acids is 1. The quantitative estimate of drug-likeness (QED) is 0.872. The molecule has 0 radical (unpaired) electrons. The topological polar surface area (TPSA) is 66.4 Å². The third kappa shape index (κ3) is 5.82. The number of hydrogen-bond acceptors (Lipinski definition) is 2. The summed E-state index contributed by atoms with van der Waals surface area (Å²) in [5.74, 6) is -1.93. The minimum Gasteiger partial charge on any atom is -0.481 e. The highest BCUT2D eigenvalue weighted by Gasteiger charge is 2.23. The molecule has 4 nitrogen and oxygen atoms in total. The fourth-order valence-electron chi connectivity index (χ4n) is 2.02. The molecular weight excluding hydrogens is 261 g/mol. The summed E-state index contributed by atoms with van der Waals surface area (Å²) < 4.78 is 13.1. The zero-order valence-corrected chi connectivity index (χ0v) is 11.9. The van der Waals surface area contributed by atoms with Crippen LogP contribution in [0.4, 0.5) is 4.39 Å². The lowest BCUT2D eigenvalue weighted by Crippen LogP contribution is -2.39. The van der Waals surface area contributed by atoms with E-state index >= 15 is 0 Å². The van der Waals surface area contributed by atoms with E-state index in [9.17, 15) is 14.0 Å². The summed E-state index contributed by atoms with van der Waals surface area (Å²) in [5, 5.41) is 11.6. The number of carbonyl (C=O) groups excluding carboxylic acids is 1. The third-order valence-corrected chi connectivity index (χ3v) is 2.70. The zero-order chi connectivity index (χ0) is 15.3. The fourth-order valence-corrected chi connectivity index (χ4v) is 2.02. The third-order valence-electron chi connectivity index (χ3n) is 2.70. The molecule has 0 aromatic heterocycles. The average molecular weight is 281 g/mol. The summed E-state index contributed by atoms with van der Waals surface area (Å²) in [5.41, 5.74) is 0.0734. The molecule has 1 aromatic carbocycles. The molecule has 0 saturated carbocycles. The minimum absolute atomic E-state index is 0.116. The lowest BCUT2D eigenvalue weighted by Gasteiger charge is -2.25. The van der Waals surface area contributed by atoms with Crippen molar-refractivity contribution in [2.24, 2.45) is 5.41 Å². The predicted octanol–water partition coefficient (Wildman–Crippen LogP) is 2.84. The van der Waals surface area contributed by atoms with Crippen LogP contribution in [0.1, 0.15) is 44.0 Å². The van der Waals surface area contributed by atoms with Crippen LogP contribution in [0.25, 0.3) is 0 Å². The van der Waals surface area contributed by atoms with Gasteiger partial charge in [0.25, 0.3) is 5.91 Å². The molecule has 1 amide bonds. The first-order chi connectivity index (χ1) is 9.17. The number of carboxylic acids is 1. The Labute approximate surface area is 118 Å². The van der Waals surface area contributed by atoms with Crippen molar-refractivity contribution in [3.05, 3.63) is 35.6 Å². The second kappa shape index (κ2) is 6.50. The van der Waals surface area contributed by atoms with E-state index in [1.54, 1.807) is 0 Å². The van der Waals surface area contributed by atoms with Gasteiger partial charge in [-0.05, 0) is 30.0 Å². The largest absolute Gasteiger partial charge is 0.481 e. The number of benzene rings is 1. The minimum atomic E-state index is -0.973. The monoisotopic (exact) mass is 281 g/mol. The molecule has 0 aliphatic rings. The molecule has 2 N–H and O–H groups in total. The van der Waals surface area contributed by atoms with Gasteiger partial charge in [-0.25, -0.2) is 4.39 Å². The van der Waals surface area contributed by atoms with Gasteiger partial charge < -0.3 is 10.4 Å². The molecule has 1 rings (SSSR count). The Bertz CT molecular complexity index is 494. The van der Waals surface area contributed by atoms with Gasteiger partial charge in [-0.3, -0.25) is 9.59 Å². The van der Waals surface area contributed by atoms with Gasteiger partial charge in [0, 0.05) is 11.6 Å². The number of amides is 1. The lowest BCUT2D eigenvalue weighted by atomic mass is 9.87. The summed E-state index contributed by atoms with van der Waals surface area (Å²) >= 11 is 0. The summed E-state index contributed by atoms with van der Waals surface area (Å²) in [7, 11) is 0. The van der Waals surface area contributed by atoms with Crippen LogP contribution in [0.2, 0.25) is 0 Å². The number of hydrogen-bond donors (Lipinski definition) is 2. The van der Waals surface area contributed by atoms with Crippen molar-refractivity contribution < 1.29 is 19.1 Å². The van der Waals surface area contributed by atoms with Gasteiger partial charge in [-0.1, -0.05) is 26.8 Å². The van der Waals surface area contributed by atoms with Crippen LogP contribution >= 0.6 is 0 Å². The van der Waals surface area contributed by atoms with Crippen LogP contribution in [0, 0.1) is 11.2 Å². The van der Waals surface area contributed by atoms with Crippen LogP contribution in [0.5, 0.6) is 0 Å². The highest BCUT2D eigenvalue weighted by atomic mass is 19.1. The van der Waals surface area contributed by atoms with Crippen molar-refractivity contribution in [1.29, 1.82) is 0 Å². The van der Waals surface area contributed by atoms with Gasteiger partial charge in [0.2, 0.25) is 0 Å². The van der Waals surface area contributed by atoms with Gasteiger partial charge in [-0.2, -0.15) is 0 Å². The first kappa shape index (κ1) is 16.1. The zero-order valence-electron chi connectivity index (χ0n) is 11.9. The van der Waals surface area contributed by atoms with Gasteiger partial charge >= 0.3 is 5.97 Å². The Morgan fingerprint density at radius 2 is 2.00 bits per heavy atom. The maximum absolute atomic E-state index is 13.1. The second-order valence-electron chi connectivity index (χ2n) is 6.04. The van der Waals surface area contributed by atoms with Gasteiger partial charge in [0.15, 0.2) is 0 Å². The Morgan fingerprint density at radius 3 is 2.50 bits per heavy atom. The highest BCUT2D eigenvalue weighted by Crippen LogP contribution is 2.22. The standard InChI is InChI=1S/C15H20FNO3/c1-15(2,3)9-12(8-13(18)19)17-14(20)10-5-4-6-11(16)7-10/h4-7,12H,8-9H2,1-3H3,(H,17,20)(H,18,19). The van der Waals surface area contributed by atoms with Gasteiger partial charge in [0.1, 0.15) is 5.82 Å². The molecule has 0 spiro atoms. The molecular formula is C15H20FNO3. The van der Waals surface area contributed by atoms with Crippen molar-refractivity contribution in [3.63, 3.8) is 0 Å². The summed E-state index contributed by atoms with van der Waals surface area (Å²) in [6.45, 7) is 5.91. The molecule has 5 heteroatoms. The van der Waals surface area contributed by atoms with E-state index < -0.39 is 23.7 Å². The summed E-state index contributed by atoms with van der Waals surface area (Å²) in [6, 6.07) is 4.83. The maximum Gasteiger partial charge on any atom is 0.305 e. The van der Waals surface area contributed by atoms with Crippen LogP contribution in [-0.2, 0) is 4.79 Å². The SMILES string of the molecule is CC(C)(C)CC(CC(=O)O)NC(=O)c1cccc(F)c1. The molecule has 0 fully saturated rings. The fraction of sp³-hybridized carbons (Fsp3) is 0.467. The molecule has 0 heterocycles. The number of halogens is 1. The number of carboxylic acid groups (broad SMARTS) is 1. The molecule has 20 heavy (non-hydrogen) atoms. The van der Waals surface area contributed by atoms with Crippen LogP contribution in [-0.4, -0.2) is 23.0 Å². The smallest absolute Gasteiger partial charge is 0.305 e. The normalized spacial score (nSPS) is 12.8. The van der Waals surface area contributed by atoms with E-state index in [0.29, 0.717) is 6.42 Å². The van der Waals surface area contributed by atoms with Crippen LogP contribution < -0.4 is 5.32 Å². The first-order valence-corrected chi connectivity index (χ1v) is 6.45. The highest BCUT2D eigenvalue weighted by molar-refractivity contribution is 5.94. The molecule has 110 valence electrons. The van der Waals surface area contributed by atoms with E-state index in [-0.39, 0.29) is 17.4 Å². The second-order valence-corrected chi connectivity index (χ2v) is 6.04. The molecule has 1 aromatic rings. The van der Waals surface area contributed by atoms with E-state index in [1.165, 1.54) is 18.2 Å². The van der Waals surface area contributed by atoms with Crippen molar-refractivity contribution >= 4 is 11.9 Å². The Morgan fingerprint density at radius 1 is 1.35 bits per heavy atom. The van der Waals surface area contributed by atoms with E-state index in [0.717, 1.165) is 6.07 Å². The summed E-state index contributed by atoms with van der Waals surface area (Å²) in [4.78, 5) is 22.9. The Hall–Kier alpha value is -1.91. The van der Waals surface area contributed by atoms with Crippen LogP contribution in [0.15, 0.2) is 24.3 Å². The first-order valence-electron chi connectivity index (χ1n) is 6.45. The van der Waals surface area contributed by atoms with E-state index in [2.05, 4.69) is 5.32 Å². The van der Waals surface area contributed by atoms with Gasteiger partial charge in [-0.15, -0.1) is 0 Å². The number of carbonyl (C=O) groups is 2. The molecule has 0 aliphatic carbocycles. The van der Waals surface area contributed by atoms with Crippen molar-refractivity contribution in [2.75, 3.05) is 0 Å². The van der Waals surface area contributed by atoms with E-state index in [1.807, 2.05) is 20.8 Å². The van der Waals surface area contributed by atoms with Gasteiger partial charge in [0.05, 0.1) is 6.42 Å². The number of nitrogens with one attached hydrogen (secondary N) is 1. The average Bonchev–Trinajstić information content (AvgIpc) is 2.25. The molecule has 0 aliphatic heterocycles. The Balaban J connectivity index is 2.78. The predicted molar refractivity (Wildman–Crippen MR) is 74.0 cm³/mol. The molecule has 1 atom stereocenters. The lowest BCUT2D eigenvalue weighted by molar-refractivity contribution is -0.137. The Kier molecular flexibility index (Phi) is 5.25. The van der Waals surface area contributed by atoms with Crippen molar-refractivity contribution in [1.82, 2.24) is 5.32 Å². The molecule has 1 unspecified atom stereocenters. The van der Waals surface area contributed by atoms with Crippen molar-refractivity contribution in [2.45, 2.75) is 39.7 Å². The molecule has 0 bridgehead atoms. The van der Waals surface area contributed by atoms with E-state index in [4.69, 9.17) is 5.11 Å².